The third-order valence-corrected chi connectivity index (χ3v) is 3.71. The zero-order valence-electron chi connectivity index (χ0n) is 12.4. The lowest BCUT2D eigenvalue weighted by Gasteiger charge is -2.29. The summed E-state index contributed by atoms with van der Waals surface area (Å²) in [4.78, 5) is 23.0. The van der Waals surface area contributed by atoms with E-state index in [2.05, 4.69) is 37.6 Å². The van der Waals surface area contributed by atoms with E-state index in [-0.39, 0.29) is 0 Å². The normalized spacial score (nSPS) is 16.3. The average Bonchev–Trinajstić information content (AvgIpc) is 2.40. The van der Waals surface area contributed by atoms with Crippen LogP contribution in [0.15, 0.2) is 0 Å². The van der Waals surface area contributed by atoms with Crippen LogP contribution in [0.2, 0.25) is 0 Å². The Labute approximate surface area is 115 Å². The number of carbonyl (C=O) groups excluding carboxylic acids is 1. The summed E-state index contributed by atoms with van der Waals surface area (Å²) in [5.74, 6) is 2.64. The van der Waals surface area contributed by atoms with Crippen LogP contribution in [0.1, 0.15) is 56.6 Å². The van der Waals surface area contributed by atoms with E-state index in [0.717, 1.165) is 36.8 Å². The highest BCUT2D eigenvalue weighted by atomic mass is 16.1. The predicted molar refractivity (Wildman–Crippen MR) is 76.7 cm³/mol. The van der Waals surface area contributed by atoms with Gasteiger partial charge in [-0.15, -0.1) is 0 Å². The molecule has 1 aliphatic heterocycles. The first kappa shape index (κ1) is 14.0. The number of aryl methyl sites for hydroxylation is 1. The second kappa shape index (κ2) is 5.68. The molecule has 0 saturated carbocycles. The Morgan fingerprint density at radius 2 is 1.84 bits per heavy atom. The minimum absolute atomic E-state index is 0.330. The van der Waals surface area contributed by atoms with E-state index in [9.17, 15) is 4.79 Å². The maximum Gasteiger partial charge on any atom is 0.136 e. The molecule has 4 nitrogen and oxygen atoms in total. The van der Waals surface area contributed by atoms with Crippen molar-refractivity contribution in [1.29, 1.82) is 0 Å². The number of rotatable bonds is 3. The van der Waals surface area contributed by atoms with Crippen molar-refractivity contribution in [3.8, 4) is 0 Å². The highest BCUT2D eigenvalue weighted by Crippen LogP contribution is 2.25. The van der Waals surface area contributed by atoms with E-state index in [1.54, 1.807) is 0 Å². The highest BCUT2D eigenvalue weighted by molar-refractivity contribution is 5.81. The number of nitrogens with zero attached hydrogens (tertiary/aromatic N) is 3. The Hall–Kier alpha value is -1.45. The van der Waals surface area contributed by atoms with Crippen LogP contribution in [0.3, 0.4) is 0 Å². The fourth-order valence-corrected chi connectivity index (χ4v) is 2.45. The Morgan fingerprint density at radius 1 is 1.21 bits per heavy atom. The Kier molecular flexibility index (Phi) is 4.17. The third kappa shape index (κ3) is 2.94. The van der Waals surface area contributed by atoms with Gasteiger partial charge in [0.25, 0.3) is 0 Å². The average molecular weight is 261 g/mol. The summed E-state index contributed by atoms with van der Waals surface area (Å²) >= 11 is 0. The number of hydrogen-bond donors (Lipinski definition) is 0. The van der Waals surface area contributed by atoms with Crippen molar-refractivity contribution < 1.29 is 4.79 Å². The summed E-state index contributed by atoms with van der Waals surface area (Å²) in [6, 6.07) is 0. The van der Waals surface area contributed by atoms with E-state index in [4.69, 9.17) is 4.98 Å². The molecule has 0 atom stereocenters. The molecule has 0 N–H and O–H groups in total. The molecule has 0 amide bonds. The molecule has 0 aliphatic carbocycles. The largest absolute Gasteiger partial charge is 0.355 e. The van der Waals surface area contributed by atoms with E-state index < -0.39 is 0 Å². The van der Waals surface area contributed by atoms with Crippen LogP contribution >= 0.6 is 0 Å². The molecule has 2 heterocycles. The Balaban J connectivity index is 2.37. The van der Waals surface area contributed by atoms with Crippen LogP contribution in [-0.2, 0) is 11.2 Å². The van der Waals surface area contributed by atoms with Crippen molar-refractivity contribution in [2.45, 2.75) is 52.9 Å². The minimum atomic E-state index is 0.330. The van der Waals surface area contributed by atoms with Gasteiger partial charge in [0.1, 0.15) is 17.4 Å². The number of piperidine rings is 1. The summed E-state index contributed by atoms with van der Waals surface area (Å²) in [5, 5.41) is 0. The van der Waals surface area contributed by atoms with Crippen molar-refractivity contribution in [2.24, 2.45) is 0 Å². The van der Waals surface area contributed by atoms with Crippen LogP contribution in [0.25, 0.3) is 0 Å². The van der Waals surface area contributed by atoms with Gasteiger partial charge in [0, 0.05) is 43.1 Å². The molecular formula is C15H23N3O. The van der Waals surface area contributed by atoms with Crippen molar-refractivity contribution in [3.05, 3.63) is 17.1 Å². The smallest absolute Gasteiger partial charge is 0.136 e. The number of Topliss-reactive ketones (excluding diaryl/α,β-unsaturated/α-hetero) is 1. The Morgan fingerprint density at radius 3 is 2.37 bits per heavy atom. The molecule has 2 rings (SSSR count). The van der Waals surface area contributed by atoms with Gasteiger partial charge in [-0.25, -0.2) is 9.97 Å². The van der Waals surface area contributed by atoms with Gasteiger partial charge in [0.15, 0.2) is 0 Å². The second-order valence-electron chi connectivity index (χ2n) is 5.51. The molecule has 104 valence electrons. The van der Waals surface area contributed by atoms with Crippen molar-refractivity contribution in [1.82, 2.24) is 9.97 Å². The van der Waals surface area contributed by atoms with Crippen molar-refractivity contribution in [2.75, 3.05) is 18.0 Å². The summed E-state index contributed by atoms with van der Waals surface area (Å²) in [5.41, 5.74) is 2.30. The monoisotopic (exact) mass is 261 g/mol. The van der Waals surface area contributed by atoms with Crippen molar-refractivity contribution in [3.63, 3.8) is 0 Å². The second-order valence-corrected chi connectivity index (χ2v) is 5.51. The van der Waals surface area contributed by atoms with Gasteiger partial charge in [0.2, 0.25) is 0 Å². The molecule has 1 fully saturated rings. The molecule has 0 radical (unpaired) electrons. The lowest BCUT2D eigenvalue weighted by Crippen LogP contribution is -2.35. The maximum atomic E-state index is 11.4. The predicted octanol–water partition coefficient (Wildman–Crippen LogP) is 2.64. The molecule has 1 aromatic heterocycles. The van der Waals surface area contributed by atoms with Gasteiger partial charge in [-0.2, -0.15) is 0 Å². The third-order valence-electron chi connectivity index (χ3n) is 3.71. The molecular weight excluding hydrogens is 238 g/mol. The van der Waals surface area contributed by atoms with Gasteiger partial charge in [-0.1, -0.05) is 20.8 Å². The SMILES string of the molecule is CCc1nc(C(C)C)nc(N2CCC(=O)CC2)c1C. The molecule has 0 aromatic carbocycles. The van der Waals surface area contributed by atoms with Crippen molar-refractivity contribution >= 4 is 11.6 Å². The zero-order valence-corrected chi connectivity index (χ0v) is 12.4. The van der Waals surface area contributed by atoms with E-state index >= 15 is 0 Å². The van der Waals surface area contributed by atoms with Gasteiger partial charge in [-0.3, -0.25) is 4.79 Å². The van der Waals surface area contributed by atoms with Gasteiger partial charge in [0.05, 0.1) is 0 Å². The van der Waals surface area contributed by atoms with E-state index in [1.807, 2.05) is 0 Å². The number of ketones is 1. The zero-order chi connectivity index (χ0) is 14.0. The highest BCUT2D eigenvalue weighted by Gasteiger charge is 2.21. The molecule has 19 heavy (non-hydrogen) atoms. The van der Waals surface area contributed by atoms with E-state index in [0.29, 0.717) is 24.5 Å². The van der Waals surface area contributed by atoms with E-state index in [1.165, 1.54) is 5.56 Å². The summed E-state index contributed by atoms with van der Waals surface area (Å²) in [6.45, 7) is 10.0. The fraction of sp³-hybridized carbons (Fsp3) is 0.667. The van der Waals surface area contributed by atoms with Crippen LogP contribution in [0.4, 0.5) is 5.82 Å². The lowest BCUT2D eigenvalue weighted by atomic mass is 10.1. The van der Waals surface area contributed by atoms with Gasteiger partial charge < -0.3 is 4.90 Å². The van der Waals surface area contributed by atoms with Gasteiger partial charge in [-0.05, 0) is 13.3 Å². The topological polar surface area (TPSA) is 46.1 Å². The number of anilines is 1. The molecule has 1 aliphatic rings. The summed E-state index contributed by atoms with van der Waals surface area (Å²) in [7, 11) is 0. The molecule has 4 heteroatoms. The van der Waals surface area contributed by atoms with Crippen LogP contribution in [0, 0.1) is 6.92 Å². The van der Waals surface area contributed by atoms with Gasteiger partial charge >= 0.3 is 0 Å². The standard InChI is InChI=1S/C15H23N3O/c1-5-13-11(4)15(17-14(16-13)10(2)3)18-8-6-12(19)7-9-18/h10H,5-9H2,1-4H3. The fourth-order valence-electron chi connectivity index (χ4n) is 2.45. The summed E-state index contributed by atoms with van der Waals surface area (Å²) in [6.07, 6.45) is 2.21. The molecule has 1 saturated heterocycles. The van der Waals surface area contributed by atoms with Crippen LogP contribution < -0.4 is 4.90 Å². The Bertz CT molecular complexity index is 473. The quantitative estimate of drug-likeness (QED) is 0.839. The number of hydrogen-bond acceptors (Lipinski definition) is 4. The lowest BCUT2D eigenvalue weighted by molar-refractivity contribution is -0.119. The number of aromatic nitrogens is 2. The minimum Gasteiger partial charge on any atom is -0.355 e. The number of carbonyl (C=O) groups is 1. The first-order valence-corrected chi connectivity index (χ1v) is 7.17. The molecule has 0 bridgehead atoms. The maximum absolute atomic E-state index is 11.4. The molecule has 0 spiro atoms. The first-order valence-electron chi connectivity index (χ1n) is 7.17. The molecule has 1 aromatic rings. The van der Waals surface area contributed by atoms with Crippen LogP contribution in [-0.4, -0.2) is 28.8 Å². The summed E-state index contributed by atoms with van der Waals surface area (Å²) < 4.78 is 0. The van der Waals surface area contributed by atoms with Crippen LogP contribution in [0.5, 0.6) is 0 Å². The first-order chi connectivity index (χ1) is 9.02. The molecule has 0 unspecified atom stereocenters.